The average molecular weight is 269 g/mol. The van der Waals surface area contributed by atoms with Crippen LogP contribution in [0.2, 0.25) is 0 Å². The number of carbonyl (C=O) groups excluding carboxylic acids is 1. The summed E-state index contributed by atoms with van der Waals surface area (Å²) in [6.07, 6.45) is 7.93. The lowest BCUT2D eigenvalue weighted by atomic mass is 9.90. The van der Waals surface area contributed by atoms with Crippen LogP contribution >= 0.6 is 0 Å². The number of aliphatic carboxylic acids is 1. The maximum atomic E-state index is 12.5. The van der Waals surface area contributed by atoms with Crippen molar-refractivity contribution in [3.8, 4) is 0 Å². The van der Waals surface area contributed by atoms with Crippen molar-refractivity contribution in [3.63, 3.8) is 0 Å². The Morgan fingerprint density at radius 3 is 2.16 bits per heavy atom. The summed E-state index contributed by atoms with van der Waals surface area (Å²) < 4.78 is 0. The van der Waals surface area contributed by atoms with Crippen molar-refractivity contribution in [2.45, 2.75) is 58.8 Å². The van der Waals surface area contributed by atoms with Gasteiger partial charge in [-0.05, 0) is 19.8 Å². The van der Waals surface area contributed by atoms with Crippen LogP contribution in [0.5, 0.6) is 0 Å². The lowest BCUT2D eigenvalue weighted by molar-refractivity contribution is -0.144. The quantitative estimate of drug-likeness (QED) is 0.835. The van der Waals surface area contributed by atoms with E-state index in [1.54, 1.807) is 11.8 Å². The molecule has 4 heteroatoms. The Hall–Kier alpha value is -1.06. The first-order valence-corrected chi connectivity index (χ1v) is 7.57. The third-order valence-electron chi connectivity index (χ3n) is 4.06. The highest BCUT2D eigenvalue weighted by Crippen LogP contribution is 2.24. The molecule has 1 unspecified atom stereocenters. The monoisotopic (exact) mass is 269 g/mol. The van der Waals surface area contributed by atoms with Crippen LogP contribution in [0.4, 0.5) is 0 Å². The third kappa shape index (κ3) is 5.21. The molecule has 1 rings (SSSR count). The highest BCUT2D eigenvalue weighted by molar-refractivity contribution is 5.79. The van der Waals surface area contributed by atoms with E-state index in [0.29, 0.717) is 13.1 Å². The number of rotatable bonds is 5. The van der Waals surface area contributed by atoms with E-state index >= 15 is 0 Å². The minimum absolute atomic E-state index is 0.112. The molecule has 0 aliphatic heterocycles. The largest absolute Gasteiger partial charge is 0.481 e. The second-order valence-electron chi connectivity index (χ2n) is 5.66. The van der Waals surface area contributed by atoms with Gasteiger partial charge in [-0.2, -0.15) is 0 Å². The molecule has 1 atom stereocenters. The second-order valence-corrected chi connectivity index (χ2v) is 5.66. The number of hydrogen-bond donors (Lipinski definition) is 1. The molecule has 1 saturated carbocycles. The van der Waals surface area contributed by atoms with Crippen LogP contribution in [-0.4, -0.2) is 35.0 Å². The molecular formula is C15H27NO3. The molecule has 0 aromatic rings. The Kier molecular flexibility index (Phi) is 6.89. The lowest BCUT2D eigenvalue weighted by Crippen LogP contribution is -2.40. The highest BCUT2D eigenvalue weighted by Gasteiger charge is 2.26. The first-order chi connectivity index (χ1) is 9.06. The van der Waals surface area contributed by atoms with Crippen molar-refractivity contribution in [1.82, 2.24) is 4.90 Å². The Morgan fingerprint density at radius 2 is 1.68 bits per heavy atom. The normalized spacial score (nSPS) is 19.3. The van der Waals surface area contributed by atoms with E-state index in [-0.39, 0.29) is 11.8 Å². The topological polar surface area (TPSA) is 57.6 Å². The summed E-state index contributed by atoms with van der Waals surface area (Å²) in [4.78, 5) is 25.1. The zero-order valence-electron chi connectivity index (χ0n) is 12.2. The predicted octanol–water partition coefficient (Wildman–Crippen LogP) is 2.92. The predicted molar refractivity (Wildman–Crippen MR) is 74.9 cm³/mol. The Bertz CT molecular complexity index is 296. The van der Waals surface area contributed by atoms with Gasteiger partial charge >= 0.3 is 5.97 Å². The number of amides is 1. The van der Waals surface area contributed by atoms with Crippen LogP contribution in [0, 0.1) is 11.8 Å². The molecule has 1 fully saturated rings. The molecule has 19 heavy (non-hydrogen) atoms. The molecule has 0 saturated heterocycles. The fourth-order valence-electron chi connectivity index (χ4n) is 2.74. The summed E-state index contributed by atoms with van der Waals surface area (Å²) in [5, 5.41) is 8.96. The molecule has 0 radical (unpaired) electrons. The third-order valence-corrected chi connectivity index (χ3v) is 4.06. The summed E-state index contributed by atoms with van der Waals surface area (Å²) in [5.41, 5.74) is 0. The van der Waals surface area contributed by atoms with Crippen molar-refractivity contribution in [2.24, 2.45) is 11.8 Å². The van der Waals surface area contributed by atoms with Crippen LogP contribution in [0.3, 0.4) is 0 Å². The standard InChI is InChI=1S/C15H27NO3/c1-3-16(11-12(2)15(18)19)14(17)13-9-7-5-4-6-8-10-13/h12-13H,3-11H2,1-2H3,(H,18,19). The van der Waals surface area contributed by atoms with Gasteiger partial charge in [-0.1, -0.05) is 39.0 Å². The molecule has 1 N–H and O–H groups in total. The molecule has 4 nitrogen and oxygen atoms in total. The smallest absolute Gasteiger partial charge is 0.308 e. The van der Waals surface area contributed by atoms with Crippen molar-refractivity contribution in [1.29, 1.82) is 0 Å². The molecule has 0 aromatic carbocycles. The van der Waals surface area contributed by atoms with E-state index in [0.717, 1.165) is 25.7 Å². The van der Waals surface area contributed by atoms with E-state index in [2.05, 4.69) is 0 Å². The number of carbonyl (C=O) groups is 2. The zero-order chi connectivity index (χ0) is 14.3. The van der Waals surface area contributed by atoms with Gasteiger partial charge in [-0.25, -0.2) is 0 Å². The first kappa shape index (κ1) is 16.0. The summed E-state index contributed by atoms with van der Waals surface area (Å²) in [7, 11) is 0. The summed E-state index contributed by atoms with van der Waals surface area (Å²) in [6, 6.07) is 0. The molecule has 0 spiro atoms. The molecule has 1 amide bonds. The van der Waals surface area contributed by atoms with Gasteiger partial charge in [0.1, 0.15) is 0 Å². The molecule has 110 valence electrons. The SMILES string of the molecule is CCN(CC(C)C(=O)O)C(=O)C1CCCCCCC1. The molecule has 0 aromatic heterocycles. The van der Waals surface area contributed by atoms with Crippen LogP contribution in [0.15, 0.2) is 0 Å². The number of hydrogen-bond acceptors (Lipinski definition) is 2. The van der Waals surface area contributed by atoms with Crippen LogP contribution in [-0.2, 0) is 9.59 Å². The average Bonchev–Trinajstić information content (AvgIpc) is 2.34. The lowest BCUT2D eigenvalue weighted by Gasteiger charge is -2.28. The van der Waals surface area contributed by atoms with E-state index in [1.165, 1.54) is 19.3 Å². The van der Waals surface area contributed by atoms with Crippen molar-refractivity contribution < 1.29 is 14.7 Å². The second kappa shape index (κ2) is 8.18. The van der Waals surface area contributed by atoms with Crippen LogP contribution < -0.4 is 0 Å². The maximum absolute atomic E-state index is 12.5. The van der Waals surface area contributed by atoms with Gasteiger partial charge in [0, 0.05) is 19.0 Å². The van der Waals surface area contributed by atoms with E-state index in [9.17, 15) is 9.59 Å². The zero-order valence-corrected chi connectivity index (χ0v) is 12.2. The molecule has 1 aliphatic carbocycles. The first-order valence-electron chi connectivity index (χ1n) is 7.57. The van der Waals surface area contributed by atoms with Gasteiger partial charge in [-0.3, -0.25) is 9.59 Å². The van der Waals surface area contributed by atoms with Crippen LogP contribution in [0.1, 0.15) is 58.8 Å². The summed E-state index contributed by atoms with van der Waals surface area (Å²) >= 11 is 0. The van der Waals surface area contributed by atoms with E-state index in [1.807, 2.05) is 6.92 Å². The van der Waals surface area contributed by atoms with Gasteiger partial charge < -0.3 is 10.0 Å². The Morgan fingerprint density at radius 1 is 1.16 bits per heavy atom. The number of carboxylic acids is 1. The summed E-state index contributed by atoms with van der Waals surface area (Å²) in [5.74, 6) is -1.04. The van der Waals surface area contributed by atoms with Gasteiger partial charge in [-0.15, -0.1) is 0 Å². The fraction of sp³-hybridized carbons (Fsp3) is 0.867. The van der Waals surface area contributed by atoms with Crippen molar-refractivity contribution >= 4 is 11.9 Å². The van der Waals surface area contributed by atoms with Gasteiger partial charge in [0.15, 0.2) is 0 Å². The van der Waals surface area contributed by atoms with E-state index < -0.39 is 11.9 Å². The minimum atomic E-state index is -0.830. The van der Waals surface area contributed by atoms with Crippen molar-refractivity contribution in [2.75, 3.05) is 13.1 Å². The Balaban J connectivity index is 2.57. The molecular weight excluding hydrogens is 242 g/mol. The van der Waals surface area contributed by atoms with Gasteiger partial charge in [0.25, 0.3) is 0 Å². The fourth-order valence-corrected chi connectivity index (χ4v) is 2.74. The molecule has 0 heterocycles. The van der Waals surface area contributed by atoms with Gasteiger partial charge in [0.05, 0.1) is 5.92 Å². The van der Waals surface area contributed by atoms with Crippen LogP contribution in [0.25, 0.3) is 0 Å². The molecule has 0 bridgehead atoms. The van der Waals surface area contributed by atoms with Gasteiger partial charge in [0.2, 0.25) is 5.91 Å². The number of carboxylic acid groups (broad SMARTS) is 1. The van der Waals surface area contributed by atoms with Crippen molar-refractivity contribution in [3.05, 3.63) is 0 Å². The summed E-state index contributed by atoms with van der Waals surface area (Å²) in [6.45, 7) is 4.53. The minimum Gasteiger partial charge on any atom is -0.481 e. The maximum Gasteiger partial charge on any atom is 0.308 e. The Labute approximate surface area is 116 Å². The number of nitrogens with zero attached hydrogens (tertiary/aromatic N) is 1. The highest BCUT2D eigenvalue weighted by atomic mass is 16.4. The van der Waals surface area contributed by atoms with E-state index in [4.69, 9.17) is 5.11 Å². The molecule has 1 aliphatic rings.